The van der Waals surface area contributed by atoms with Crippen molar-refractivity contribution in [2.75, 3.05) is 0 Å². The van der Waals surface area contributed by atoms with E-state index >= 15 is 0 Å². The van der Waals surface area contributed by atoms with Gasteiger partial charge in [0.2, 0.25) is 0 Å². The fourth-order valence-corrected chi connectivity index (χ4v) is 0.940. The van der Waals surface area contributed by atoms with Crippen molar-refractivity contribution in [2.24, 2.45) is 0 Å². The van der Waals surface area contributed by atoms with Crippen molar-refractivity contribution in [3.05, 3.63) is 18.7 Å². The van der Waals surface area contributed by atoms with Crippen LogP contribution in [0.1, 0.15) is 0 Å². The highest BCUT2D eigenvalue weighted by Gasteiger charge is 2.04. The van der Waals surface area contributed by atoms with Gasteiger partial charge in [0, 0.05) is 12.4 Å². The first kappa shape index (κ1) is 5.96. The van der Waals surface area contributed by atoms with Crippen LogP contribution >= 0.6 is 0 Å². The third kappa shape index (κ3) is 0.778. The van der Waals surface area contributed by atoms with E-state index in [4.69, 9.17) is 5.11 Å². The zero-order valence-corrected chi connectivity index (χ0v) is 5.48. The number of hydrogen-bond donors (Lipinski definition) is 2. The van der Waals surface area contributed by atoms with Gasteiger partial charge in [0.25, 0.3) is 0 Å². The van der Waals surface area contributed by atoms with Crippen LogP contribution in [0, 0.1) is 0 Å². The van der Waals surface area contributed by atoms with Gasteiger partial charge in [-0.2, -0.15) is 0 Å². The monoisotopic (exact) mass is 151 g/mol. The number of nitrogens with zero attached hydrogens (tertiary/aromatic N) is 2. The number of nitrogens with one attached hydrogen (secondary N) is 1. The van der Waals surface area contributed by atoms with E-state index in [1.165, 1.54) is 18.7 Å². The Balaban J connectivity index is 2.67. The second kappa shape index (κ2) is 1.85. The summed E-state index contributed by atoms with van der Waals surface area (Å²) in [6.07, 6.45) is 3.45. The summed E-state index contributed by atoms with van der Waals surface area (Å²) < 4.78 is 1.06. The van der Waals surface area contributed by atoms with Crippen LogP contribution in [0.5, 0.6) is 0 Å². The third-order valence-electron chi connectivity index (χ3n) is 1.45. The first-order valence-corrected chi connectivity index (χ1v) is 3.02. The van der Waals surface area contributed by atoms with Gasteiger partial charge in [-0.05, 0) is 0 Å². The molecule has 56 valence electrons. The molecule has 2 heterocycles. The molecular weight excluding hydrogens is 146 g/mol. The number of aromatic nitrogens is 3. The Labute approximate surface area is 61.3 Å². The van der Waals surface area contributed by atoms with Crippen molar-refractivity contribution in [2.45, 2.75) is 0 Å². The SMILES string of the molecule is O=C(O)n1cc2nc[nH]c2c1. The van der Waals surface area contributed by atoms with Gasteiger partial charge in [0.15, 0.2) is 0 Å². The van der Waals surface area contributed by atoms with Crippen LogP contribution < -0.4 is 0 Å². The van der Waals surface area contributed by atoms with E-state index in [0.717, 1.165) is 10.1 Å². The Hall–Kier alpha value is -1.78. The molecule has 2 aromatic rings. The Morgan fingerprint density at radius 3 is 3.09 bits per heavy atom. The van der Waals surface area contributed by atoms with Gasteiger partial charge >= 0.3 is 6.09 Å². The molecule has 0 aromatic carbocycles. The molecular formula is C6H5N3O2. The summed E-state index contributed by atoms with van der Waals surface area (Å²) in [6.45, 7) is 0. The van der Waals surface area contributed by atoms with Crippen LogP contribution in [-0.4, -0.2) is 25.7 Å². The van der Waals surface area contributed by atoms with Crippen LogP contribution in [0.3, 0.4) is 0 Å². The molecule has 0 aliphatic carbocycles. The molecule has 0 aliphatic rings. The zero-order valence-electron chi connectivity index (χ0n) is 5.48. The molecule has 2 rings (SSSR count). The predicted octanol–water partition coefficient (Wildman–Crippen LogP) is 0.890. The molecule has 0 fully saturated rings. The topological polar surface area (TPSA) is 70.9 Å². The largest absolute Gasteiger partial charge is 0.464 e. The smallest absolute Gasteiger partial charge is 0.415 e. The molecule has 0 bridgehead atoms. The summed E-state index contributed by atoms with van der Waals surface area (Å²) in [4.78, 5) is 17.1. The average Bonchev–Trinajstić information content (AvgIpc) is 2.40. The van der Waals surface area contributed by atoms with Gasteiger partial charge in [-0.1, -0.05) is 0 Å². The Morgan fingerprint density at radius 1 is 1.64 bits per heavy atom. The van der Waals surface area contributed by atoms with Gasteiger partial charge in [-0.15, -0.1) is 0 Å². The first-order chi connectivity index (χ1) is 5.27. The lowest BCUT2D eigenvalue weighted by molar-refractivity contribution is 0.196. The minimum Gasteiger partial charge on any atom is -0.464 e. The van der Waals surface area contributed by atoms with E-state index in [1.807, 2.05) is 0 Å². The van der Waals surface area contributed by atoms with Crippen molar-refractivity contribution < 1.29 is 9.90 Å². The molecule has 0 aliphatic heterocycles. The number of carboxylic acid groups (broad SMARTS) is 1. The molecule has 0 radical (unpaired) electrons. The molecule has 0 saturated carbocycles. The van der Waals surface area contributed by atoms with Crippen molar-refractivity contribution in [1.82, 2.24) is 14.5 Å². The number of rotatable bonds is 0. The minimum absolute atomic E-state index is 0.660. The maximum atomic E-state index is 10.4. The van der Waals surface area contributed by atoms with Gasteiger partial charge in [0.05, 0.1) is 11.8 Å². The Kier molecular flexibility index (Phi) is 1.00. The minimum atomic E-state index is -1.00. The van der Waals surface area contributed by atoms with Crippen LogP contribution in [0.25, 0.3) is 11.0 Å². The maximum absolute atomic E-state index is 10.4. The molecule has 11 heavy (non-hydrogen) atoms. The molecule has 0 atom stereocenters. The van der Waals surface area contributed by atoms with Crippen LogP contribution in [0.4, 0.5) is 4.79 Å². The standard InChI is InChI=1S/C6H5N3O2/c10-6(11)9-1-4-5(2-9)8-3-7-4/h1-3H,(H,7,8)(H,10,11). The molecule has 0 spiro atoms. The fourth-order valence-electron chi connectivity index (χ4n) is 0.940. The number of hydrogen-bond acceptors (Lipinski definition) is 2. The second-order valence-corrected chi connectivity index (χ2v) is 2.15. The number of fused-ring (bicyclic) bond motifs is 1. The van der Waals surface area contributed by atoms with Gasteiger partial charge < -0.3 is 10.1 Å². The second-order valence-electron chi connectivity index (χ2n) is 2.15. The average molecular weight is 151 g/mol. The van der Waals surface area contributed by atoms with Gasteiger partial charge in [-0.25, -0.2) is 9.78 Å². The summed E-state index contributed by atoms with van der Waals surface area (Å²) in [5.74, 6) is 0. The van der Waals surface area contributed by atoms with E-state index in [9.17, 15) is 4.79 Å². The van der Waals surface area contributed by atoms with Crippen LogP contribution in [0.2, 0.25) is 0 Å². The summed E-state index contributed by atoms with van der Waals surface area (Å²) >= 11 is 0. The normalized spacial score (nSPS) is 10.5. The molecule has 2 aromatic heterocycles. The van der Waals surface area contributed by atoms with Crippen molar-refractivity contribution in [1.29, 1.82) is 0 Å². The quantitative estimate of drug-likeness (QED) is 0.587. The highest BCUT2D eigenvalue weighted by molar-refractivity contribution is 5.80. The Bertz CT molecular complexity index is 372. The van der Waals surface area contributed by atoms with Crippen molar-refractivity contribution >= 4 is 17.1 Å². The third-order valence-corrected chi connectivity index (χ3v) is 1.45. The molecule has 5 heteroatoms. The molecule has 0 amide bonds. The fraction of sp³-hybridized carbons (Fsp3) is 0. The van der Waals surface area contributed by atoms with Crippen molar-refractivity contribution in [3.63, 3.8) is 0 Å². The molecule has 5 nitrogen and oxygen atoms in total. The summed E-state index contributed by atoms with van der Waals surface area (Å²) in [5, 5.41) is 8.53. The van der Waals surface area contributed by atoms with Gasteiger partial charge in [-0.3, -0.25) is 4.57 Å². The number of carbonyl (C=O) groups is 1. The maximum Gasteiger partial charge on any atom is 0.415 e. The molecule has 0 saturated heterocycles. The molecule has 0 unspecified atom stereocenters. The summed E-state index contributed by atoms with van der Waals surface area (Å²) in [5.41, 5.74) is 1.39. The van der Waals surface area contributed by atoms with Crippen LogP contribution in [-0.2, 0) is 0 Å². The lowest BCUT2D eigenvalue weighted by Gasteiger charge is -1.87. The Morgan fingerprint density at radius 2 is 2.45 bits per heavy atom. The van der Waals surface area contributed by atoms with E-state index in [0.29, 0.717) is 5.52 Å². The number of imidazole rings is 1. The van der Waals surface area contributed by atoms with E-state index in [2.05, 4.69) is 9.97 Å². The summed E-state index contributed by atoms with van der Waals surface area (Å²) in [6, 6.07) is 0. The molecule has 2 N–H and O–H groups in total. The predicted molar refractivity (Wildman–Crippen MR) is 37.5 cm³/mol. The lowest BCUT2D eigenvalue weighted by Crippen LogP contribution is -2.03. The van der Waals surface area contributed by atoms with Crippen molar-refractivity contribution in [3.8, 4) is 0 Å². The number of aromatic amines is 1. The highest BCUT2D eigenvalue weighted by Crippen LogP contribution is 2.08. The first-order valence-electron chi connectivity index (χ1n) is 3.02. The van der Waals surface area contributed by atoms with E-state index in [1.54, 1.807) is 0 Å². The lowest BCUT2D eigenvalue weighted by atomic mass is 10.5. The zero-order chi connectivity index (χ0) is 7.84. The van der Waals surface area contributed by atoms with E-state index in [-0.39, 0.29) is 0 Å². The van der Waals surface area contributed by atoms with Crippen LogP contribution in [0.15, 0.2) is 18.7 Å². The summed E-state index contributed by atoms with van der Waals surface area (Å²) in [7, 11) is 0. The van der Waals surface area contributed by atoms with Gasteiger partial charge in [0.1, 0.15) is 5.52 Å². The van der Waals surface area contributed by atoms with E-state index < -0.39 is 6.09 Å². The highest BCUT2D eigenvalue weighted by atomic mass is 16.4. The number of H-pyrrole nitrogens is 1.